The van der Waals surface area contributed by atoms with Gasteiger partial charge >= 0.3 is 5.97 Å². The predicted octanol–water partition coefficient (Wildman–Crippen LogP) is 5.09. The van der Waals surface area contributed by atoms with Crippen molar-refractivity contribution in [2.75, 3.05) is 11.7 Å². The molecule has 0 spiro atoms. The fraction of sp³-hybridized carbons (Fsp3) is 0.156. The zero-order chi connectivity index (χ0) is 26.2. The quantitative estimate of drug-likeness (QED) is 0.210. The van der Waals surface area contributed by atoms with Crippen molar-refractivity contribution in [2.24, 2.45) is 17.8 Å². The Hall–Kier alpha value is -4.91. The summed E-state index contributed by atoms with van der Waals surface area (Å²) in [5.41, 5.74) is 2.82. The molecular weight excluding hydrogens is 494 g/mol. The van der Waals surface area contributed by atoms with E-state index in [0.29, 0.717) is 22.9 Å². The SMILES string of the molecule is O=C1Oc2ccc3ccccc3c2C2=C[C@H](c3ccc4c(c3)OCO4)[C@@H]3C(=O)N(c4ccccc4)C(=O)[C@@H]3[C@H]12. The molecule has 7 nitrogen and oxygen atoms in total. The minimum absolute atomic E-state index is 0.128. The minimum atomic E-state index is -0.909. The Morgan fingerprint density at radius 2 is 1.46 bits per heavy atom. The molecule has 0 unspecified atom stereocenters. The van der Waals surface area contributed by atoms with Gasteiger partial charge in [0.15, 0.2) is 11.5 Å². The van der Waals surface area contributed by atoms with E-state index in [1.807, 2.05) is 60.7 Å². The van der Waals surface area contributed by atoms with Gasteiger partial charge < -0.3 is 14.2 Å². The van der Waals surface area contributed by atoms with Crippen molar-refractivity contribution in [1.29, 1.82) is 0 Å². The number of fused-ring (bicyclic) bond motifs is 8. The van der Waals surface area contributed by atoms with Crippen molar-refractivity contribution in [3.63, 3.8) is 0 Å². The fourth-order valence-corrected chi connectivity index (χ4v) is 6.61. The van der Waals surface area contributed by atoms with Gasteiger partial charge in [-0.1, -0.05) is 60.7 Å². The average Bonchev–Trinajstić information content (AvgIpc) is 3.54. The first-order valence-corrected chi connectivity index (χ1v) is 12.9. The van der Waals surface area contributed by atoms with Crippen molar-refractivity contribution < 1.29 is 28.6 Å². The molecule has 0 aromatic heterocycles. The molecule has 4 aromatic rings. The standard InChI is InChI=1S/C32H21NO6/c34-30-27-21(18-11-12-23-25(14-18)38-16-37-23)15-22-26-20-9-5-4-6-17(20)10-13-24(26)39-32(36)28(22)29(27)31(35)33(30)19-7-2-1-3-8-19/h1-15,21,27-29H,16H2/t21-,27+,28-,29+/m1/s1. The molecule has 3 aliphatic heterocycles. The summed E-state index contributed by atoms with van der Waals surface area (Å²) in [5, 5.41) is 1.92. The third-order valence-corrected chi connectivity index (χ3v) is 8.28. The third kappa shape index (κ3) is 3.07. The van der Waals surface area contributed by atoms with Crippen molar-refractivity contribution >= 4 is 39.8 Å². The second-order valence-electron chi connectivity index (χ2n) is 10.2. The molecule has 0 saturated carbocycles. The van der Waals surface area contributed by atoms with E-state index < -0.39 is 35.5 Å². The molecule has 3 heterocycles. The van der Waals surface area contributed by atoms with Crippen LogP contribution in [-0.2, 0) is 14.4 Å². The van der Waals surface area contributed by atoms with Gasteiger partial charge in [-0.05, 0) is 52.2 Å². The van der Waals surface area contributed by atoms with E-state index in [-0.39, 0.29) is 12.7 Å². The highest BCUT2D eigenvalue weighted by atomic mass is 16.7. The lowest BCUT2D eigenvalue weighted by Crippen LogP contribution is -2.42. The molecule has 0 radical (unpaired) electrons. The second kappa shape index (κ2) is 8.04. The van der Waals surface area contributed by atoms with E-state index in [1.54, 1.807) is 30.3 Å². The lowest BCUT2D eigenvalue weighted by atomic mass is 9.64. The first-order valence-electron chi connectivity index (χ1n) is 12.9. The van der Waals surface area contributed by atoms with Gasteiger partial charge in [0.2, 0.25) is 18.6 Å². The van der Waals surface area contributed by atoms with Crippen LogP contribution in [0.1, 0.15) is 17.0 Å². The number of esters is 1. The van der Waals surface area contributed by atoms with E-state index in [4.69, 9.17) is 14.2 Å². The summed E-state index contributed by atoms with van der Waals surface area (Å²) in [6.45, 7) is 0.128. The molecule has 1 fully saturated rings. The summed E-state index contributed by atoms with van der Waals surface area (Å²) >= 11 is 0. The van der Waals surface area contributed by atoms with Crippen LogP contribution >= 0.6 is 0 Å². The molecule has 8 rings (SSSR count). The molecule has 1 aliphatic carbocycles. The highest BCUT2D eigenvalue weighted by Gasteiger charge is 2.60. The van der Waals surface area contributed by atoms with Crippen LogP contribution in [0.4, 0.5) is 5.69 Å². The Morgan fingerprint density at radius 1 is 0.718 bits per heavy atom. The van der Waals surface area contributed by atoms with Gasteiger partial charge in [0.1, 0.15) is 5.75 Å². The number of carbonyl (C=O) groups excluding carboxylic acids is 3. The van der Waals surface area contributed by atoms with Gasteiger partial charge in [-0.2, -0.15) is 0 Å². The molecule has 0 bridgehead atoms. The van der Waals surface area contributed by atoms with Crippen LogP contribution in [0.3, 0.4) is 0 Å². The number of benzene rings is 4. The van der Waals surface area contributed by atoms with Crippen LogP contribution in [0.25, 0.3) is 16.3 Å². The number of para-hydroxylation sites is 1. The third-order valence-electron chi connectivity index (χ3n) is 8.28. The number of carbonyl (C=O) groups is 3. The van der Waals surface area contributed by atoms with E-state index in [1.165, 1.54) is 4.90 Å². The number of imide groups is 1. The van der Waals surface area contributed by atoms with Gasteiger partial charge in [-0.15, -0.1) is 0 Å². The summed E-state index contributed by atoms with van der Waals surface area (Å²) in [6, 6.07) is 26.1. The van der Waals surface area contributed by atoms with Crippen molar-refractivity contribution in [3.8, 4) is 17.2 Å². The molecular formula is C32H21NO6. The van der Waals surface area contributed by atoms with Gasteiger partial charge in [-0.3, -0.25) is 14.4 Å². The van der Waals surface area contributed by atoms with Crippen LogP contribution in [0.15, 0.2) is 91.0 Å². The number of rotatable bonds is 2. The molecule has 39 heavy (non-hydrogen) atoms. The van der Waals surface area contributed by atoms with E-state index in [9.17, 15) is 14.4 Å². The molecule has 7 heteroatoms. The van der Waals surface area contributed by atoms with Gasteiger partial charge in [0, 0.05) is 11.5 Å². The summed E-state index contributed by atoms with van der Waals surface area (Å²) < 4.78 is 17.0. The molecule has 4 aromatic carbocycles. The zero-order valence-electron chi connectivity index (χ0n) is 20.6. The summed E-state index contributed by atoms with van der Waals surface area (Å²) in [7, 11) is 0. The molecule has 4 atom stereocenters. The van der Waals surface area contributed by atoms with Crippen LogP contribution in [0.5, 0.6) is 17.2 Å². The Balaban J connectivity index is 1.37. The Labute approximate surface area is 223 Å². The second-order valence-corrected chi connectivity index (χ2v) is 10.2. The van der Waals surface area contributed by atoms with Crippen molar-refractivity contribution in [1.82, 2.24) is 0 Å². The summed E-state index contributed by atoms with van der Waals surface area (Å²) in [5.74, 6) is -2.61. The molecule has 0 N–H and O–H groups in total. The van der Waals surface area contributed by atoms with Crippen LogP contribution < -0.4 is 19.1 Å². The molecule has 4 aliphatic rings. The Bertz CT molecular complexity index is 1760. The number of hydrogen-bond acceptors (Lipinski definition) is 6. The zero-order valence-corrected chi connectivity index (χ0v) is 20.6. The Kier molecular flexibility index (Phi) is 4.56. The number of ether oxygens (including phenoxy) is 3. The highest BCUT2D eigenvalue weighted by Crippen LogP contribution is 2.56. The average molecular weight is 516 g/mol. The number of hydrogen-bond donors (Lipinski definition) is 0. The first-order chi connectivity index (χ1) is 19.1. The van der Waals surface area contributed by atoms with Crippen LogP contribution in [-0.4, -0.2) is 24.6 Å². The number of amides is 2. The van der Waals surface area contributed by atoms with E-state index >= 15 is 0 Å². The topological polar surface area (TPSA) is 82.1 Å². The fourth-order valence-electron chi connectivity index (χ4n) is 6.61. The predicted molar refractivity (Wildman–Crippen MR) is 142 cm³/mol. The lowest BCUT2D eigenvalue weighted by Gasteiger charge is -2.38. The normalized spacial score (nSPS) is 24.7. The smallest absolute Gasteiger partial charge is 0.319 e. The maximum atomic E-state index is 14.1. The molecule has 190 valence electrons. The minimum Gasteiger partial charge on any atom is -0.454 e. The first kappa shape index (κ1) is 22.1. The van der Waals surface area contributed by atoms with Crippen molar-refractivity contribution in [3.05, 3.63) is 102 Å². The summed E-state index contributed by atoms with van der Waals surface area (Å²) in [4.78, 5) is 43.0. The van der Waals surface area contributed by atoms with Crippen LogP contribution in [0, 0.1) is 17.8 Å². The largest absolute Gasteiger partial charge is 0.454 e. The van der Waals surface area contributed by atoms with Crippen LogP contribution in [0.2, 0.25) is 0 Å². The Morgan fingerprint density at radius 3 is 2.33 bits per heavy atom. The van der Waals surface area contributed by atoms with Gasteiger partial charge in [-0.25, -0.2) is 4.90 Å². The molecule has 1 saturated heterocycles. The highest BCUT2D eigenvalue weighted by molar-refractivity contribution is 6.25. The maximum Gasteiger partial charge on any atom is 0.319 e. The number of nitrogens with zero attached hydrogens (tertiary/aromatic N) is 1. The van der Waals surface area contributed by atoms with Crippen molar-refractivity contribution in [2.45, 2.75) is 5.92 Å². The lowest BCUT2D eigenvalue weighted by molar-refractivity contribution is -0.142. The van der Waals surface area contributed by atoms with Gasteiger partial charge in [0.05, 0.1) is 23.4 Å². The van der Waals surface area contributed by atoms with E-state index in [0.717, 1.165) is 27.5 Å². The maximum absolute atomic E-state index is 14.1. The summed E-state index contributed by atoms with van der Waals surface area (Å²) in [6.07, 6.45) is 1.99. The monoisotopic (exact) mass is 515 g/mol. The van der Waals surface area contributed by atoms with E-state index in [2.05, 4.69) is 0 Å². The van der Waals surface area contributed by atoms with Gasteiger partial charge in [0.25, 0.3) is 0 Å². The number of anilines is 1. The molecule has 2 amide bonds. The number of allylic oxidation sites excluding steroid dienone is 1.